The lowest BCUT2D eigenvalue weighted by molar-refractivity contribution is 0.509. The fourth-order valence-electron chi connectivity index (χ4n) is 2.18. The van der Waals surface area contributed by atoms with Crippen molar-refractivity contribution in [1.29, 1.82) is 0 Å². The molecule has 0 bridgehead atoms. The first-order valence-electron chi connectivity index (χ1n) is 6.17. The van der Waals surface area contributed by atoms with E-state index in [1.807, 2.05) is 21.0 Å². The molecule has 1 aromatic carbocycles. The predicted octanol–water partition coefficient (Wildman–Crippen LogP) is 2.44. The van der Waals surface area contributed by atoms with Crippen LogP contribution in [-0.4, -0.2) is 23.4 Å². The van der Waals surface area contributed by atoms with Gasteiger partial charge in [-0.2, -0.15) is 5.10 Å². The third kappa shape index (κ3) is 2.66. The summed E-state index contributed by atoms with van der Waals surface area (Å²) in [6.07, 6.45) is 0.843. The highest BCUT2D eigenvalue weighted by Gasteiger charge is 2.14. The Hall–Kier alpha value is -1.75. The molecule has 1 heterocycles. The quantitative estimate of drug-likeness (QED) is 0.920. The van der Waals surface area contributed by atoms with Crippen LogP contribution in [0.5, 0.6) is 0 Å². The Labute approximate surface area is 111 Å². The standard InChI is InChI=1S/C14H17F2N3/c1-9-13(6-7-17-2)19(3)18-14(9)10-4-5-11(15)12(16)8-10/h4-5,8,17H,6-7H2,1-3H3. The third-order valence-electron chi connectivity index (χ3n) is 3.23. The fourth-order valence-corrected chi connectivity index (χ4v) is 2.18. The van der Waals surface area contributed by atoms with E-state index in [0.29, 0.717) is 11.3 Å². The Balaban J connectivity index is 2.42. The average molecular weight is 265 g/mol. The molecule has 0 aliphatic carbocycles. The van der Waals surface area contributed by atoms with Crippen LogP contribution < -0.4 is 5.32 Å². The molecule has 2 rings (SSSR count). The Bertz CT molecular complexity index is 591. The molecule has 3 nitrogen and oxygen atoms in total. The zero-order valence-electron chi connectivity index (χ0n) is 11.3. The molecular formula is C14H17F2N3. The summed E-state index contributed by atoms with van der Waals surface area (Å²) in [5.41, 5.74) is 3.40. The van der Waals surface area contributed by atoms with E-state index in [2.05, 4.69) is 10.4 Å². The van der Waals surface area contributed by atoms with Gasteiger partial charge in [0.1, 0.15) is 0 Å². The zero-order chi connectivity index (χ0) is 14.0. The van der Waals surface area contributed by atoms with Gasteiger partial charge in [-0.1, -0.05) is 0 Å². The van der Waals surface area contributed by atoms with Gasteiger partial charge in [-0.05, 0) is 37.7 Å². The number of aromatic nitrogens is 2. The topological polar surface area (TPSA) is 29.9 Å². The molecular weight excluding hydrogens is 248 g/mol. The molecule has 5 heteroatoms. The van der Waals surface area contributed by atoms with Crippen molar-refractivity contribution in [1.82, 2.24) is 15.1 Å². The summed E-state index contributed by atoms with van der Waals surface area (Å²) < 4.78 is 28.0. The normalized spacial score (nSPS) is 11.0. The van der Waals surface area contributed by atoms with Crippen LogP contribution >= 0.6 is 0 Å². The predicted molar refractivity (Wildman–Crippen MR) is 70.9 cm³/mol. The van der Waals surface area contributed by atoms with Crippen LogP contribution in [0.2, 0.25) is 0 Å². The molecule has 0 saturated heterocycles. The van der Waals surface area contributed by atoms with Gasteiger partial charge in [-0.25, -0.2) is 8.78 Å². The van der Waals surface area contributed by atoms with Crippen molar-refractivity contribution in [2.24, 2.45) is 7.05 Å². The average Bonchev–Trinajstić information content (AvgIpc) is 2.66. The van der Waals surface area contributed by atoms with Crippen LogP contribution in [0.25, 0.3) is 11.3 Å². The third-order valence-corrected chi connectivity index (χ3v) is 3.23. The number of rotatable bonds is 4. The summed E-state index contributed by atoms with van der Waals surface area (Å²) in [6.45, 7) is 2.80. The van der Waals surface area contributed by atoms with Crippen LogP contribution in [0.1, 0.15) is 11.3 Å². The van der Waals surface area contributed by atoms with E-state index in [1.165, 1.54) is 6.07 Å². The second kappa shape index (κ2) is 5.48. The van der Waals surface area contributed by atoms with Gasteiger partial charge in [0.2, 0.25) is 0 Å². The maximum Gasteiger partial charge on any atom is 0.159 e. The first-order chi connectivity index (χ1) is 9.04. The highest BCUT2D eigenvalue weighted by Crippen LogP contribution is 2.26. The van der Waals surface area contributed by atoms with Crippen LogP contribution in [0.4, 0.5) is 8.78 Å². The smallest absolute Gasteiger partial charge is 0.159 e. The lowest BCUT2D eigenvalue weighted by Crippen LogP contribution is -2.13. The summed E-state index contributed by atoms with van der Waals surface area (Å²) in [4.78, 5) is 0. The minimum Gasteiger partial charge on any atom is -0.319 e. The SMILES string of the molecule is CNCCc1c(C)c(-c2ccc(F)c(F)c2)nn1C. The second-order valence-electron chi connectivity index (χ2n) is 4.53. The monoisotopic (exact) mass is 265 g/mol. The van der Waals surface area contributed by atoms with Crippen LogP contribution in [0.3, 0.4) is 0 Å². The number of nitrogens with one attached hydrogen (secondary N) is 1. The van der Waals surface area contributed by atoms with Gasteiger partial charge in [-0.15, -0.1) is 0 Å². The number of halogens is 2. The van der Waals surface area contributed by atoms with E-state index in [4.69, 9.17) is 0 Å². The zero-order valence-corrected chi connectivity index (χ0v) is 11.3. The Kier molecular flexibility index (Phi) is 3.95. The number of hydrogen-bond acceptors (Lipinski definition) is 2. The van der Waals surface area contributed by atoms with E-state index in [9.17, 15) is 8.78 Å². The molecule has 0 atom stereocenters. The Morgan fingerprint density at radius 1 is 1.26 bits per heavy atom. The highest BCUT2D eigenvalue weighted by atomic mass is 19.2. The molecule has 19 heavy (non-hydrogen) atoms. The molecule has 0 fully saturated rings. The molecule has 0 saturated carbocycles. The van der Waals surface area contributed by atoms with E-state index in [1.54, 1.807) is 10.7 Å². The van der Waals surface area contributed by atoms with E-state index in [0.717, 1.165) is 30.3 Å². The molecule has 102 valence electrons. The van der Waals surface area contributed by atoms with Gasteiger partial charge < -0.3 is 5.32 Å². The van der Waals surface area contributed by atoms with Gasteiger partial charge in [0.15, 0.2) is 11.6 Å². The molecule has 0 aliphatic rings. The molecule has 1 N–H and O–H groups in total. The van der Waals surface area contributed by atoms with E-state index < -0.39 is 11.6 Å². The lowest BCUT2D eigenvalue weighted by Gasteiger charge is -2.03. The van der Waals surface area contributed by atoms with Crippen molar-refractivity contribution < 1.29 is 8.78 Å². The van der Waals surface area contributed by atoms with Crippen molar-refractivity contribution in [2.45, 2.75) is 13.3 Å². The van der Waals surface area contributed by atoms with E-state index in [-0.39, 0.29) is 0 Å². The number of aryl methyl sites for hydroxylation is 1. The molecule has 2 aromatic rings. The van der Waals surface area contributed by atoms with Crippen molar-refractivity contribution >= 4 is 0 Å². The van der Waals surface area contributed by atoms with Gasteiger partial charge in [0.25, 0.3) is 0 Å². The van der Waals surface area contributed by atoms with Gasteiger partial charge in [-0.3, -0.25) is 4.68 Å². The minimum atomic E-state index is -0.848. The maximum atomic E-state index is 13.3. The summed E-state index contributed by atoms with van der Waals surface area (Å²) in [6, 6.07) is 3.87. The molecule has 1 aromatic heterocycles. The van der Waals surface area contributed by atoms with Gasteiger partial charge >= 0.3 is 0 Å². The molecule has 0 unspecified atom stereocenters. The largest absolute Gasteiger partial charge is 0.319 e. The Morgan fingerprint density at radius 2 is 2.00 bits per heavy atom. The lowest BCUT2D eigenvalue weighted by atomic mass is 10.1. The summed E-state index contributed by atoms with van der Waals surface area (Å²) >= 11 is 0. The summed E-state index contributed by atoms with van der Waals surface area (Å²) in [7, 11) is 3.75. The first-order valence-corrected chi connectivity index (χ1v) is 6.17. The van der Waals surface area contributed by atoms with Crippen molar-refractivity contribution in [3.63, 3.8) is 0 Å². The molecule has 0 radical (unpaired) electrons. The summed E-state index contributed by atoms with van der Waals surface area (Å²) in [5, 5.41) is 7.49. The first kappa shape index (κ1) is 13.7. The molecule has 0 aliphatic heterocycles. The second-order valence-corrected chi connectivity index (χ2v) is 4.53. The molecule has 0 amide bonds. The van der Waals surface area contributed by atoms with Gasteiger partial charge in [0, 0.05) is 31.3 Å². The van der Waals surface area contributed by atoms with E-state index >= 15 is 0 Å². The van der Waals surface area contributed by atoms with Crippen LogP contribution in [-0.2, 0) is 13.5 Å². The number of nitrogens with zero attached hydrogens (tertiary/aromatic N) is 2. The highest BCUT2D eigenvalue weighted by molar-refractivity contribution is 5.63. The van der Waals surface area contributed by atoms with Crippen molar-refractivity contribution in [3.8, 4) is 11.3 Å². The van der Waals surface area contributed by atoms with Crippen LogP contribution in [0, 0.1) is 18.6 Å². The van der Waals surface area contributed by atoms with Gasteiger partial charge in [0.05, 0.1) is 5.69 Å². The Morgan fingerprint density at radius 3 is 2.63 bits per heavy atom. The number of hydrogen-bond donors (Lipinski definition) is 1. The summed E-state index contributed by atoms with van der Waals surface area (Å²) in [5.74, 6) is -1.69. The van der Waals surface area contributed by atoms with Crippen molar-refractivity contribution in [3.05, 3.63) is 41.1 Å². The number of benzene rings is 1. The van der Waals surface area contributed by atoms with Crippen LogP contribution in [0.15, 0.2) is 18.2 Å². The maximum absolute atomic E-state index is 13.3. The minimum absolute atomic E-state index is 0.600. The molecule has 0 spiro atoms. The fraction of sp³-hybridized carbons (Fsp3) is 0.357. The number of likely N-dealkylation sites (N-methyl/N-ethyl adjacent to an activating group) is 1. The van der Waals surface area contributed by atoms with Crippen molar-refractivity contribution in [2.75, 3.05) is 13.6 Å².